The molecule has 0 saturated carbocycles. The minimum atomic E-state index is -1.14. The lowest BCUT2D eigenvalue weighted by Crippen LogP contribution is -2.46. The monoisotopic (exact) mass is 527 g/mol. The van der Waals surface area contributed by atoms with Crippen LogP contribution in [0.1, 0.15) is 20.8 Å². The van der Waals surface area contributed by atoms with Gasteiger partial charge in [-0.2, -0.15) is 0 Å². The van der Waals surface area contributed by atoms with Gasteiger partial charge in [0.05, 0.1) is 17.1 Å². The van der Waals surface area contributed by atoms with Gasteiger partial charge in [0.25, 0.3) is 5.91 Å². The molecule has 0 radical (unpaired) electrons. The van der Waals surface area contributed by atoms with Crippen LogP contribution in [0.3, 0.4) is 0 Å². The number of nitrogens with zero attached hydrogens (tertiary/aromatic N) is 1. The number of benzene rings is 3. The molecule has 0 aliphatic heterocycles. The van der Waals surface area contributed by atoms with Gasteiger partial charge < -0.3 is 10.0 Å². The van der Waals surface area contributed by atoms with Crippen molar-refractivity contribution in [3.05, 3.63) is 116 Å². The molecule has 1 heterocycles. The second-order valence-corrected chi connectivity index (χ2v) is 9.75. The van der Waals surface area contributed by atoms with E-state index in [-0.39, 0.29) is 29.4 Å². The Kier molecular flexibility index (Phi) is 7.86. The number of carbonyl (C=O) groups excluding carboxylic acids is 1. The number of hydrogen-bond acceptors (Lipinski definition) is 3. The van der Waals surface area contributed by atoms with Crippen LogP contribution in [0.15, 0.2) is 84.2 Å². The number of hydrogen-bond donors (Lipinski definition) is 1. The first kappa shape index (κ1) is 24.9. The van der Waals surface area contributed by atoms with Crippen LogP contribution in [-0.2, 0) is 17.8 Å². The summed E-state index contributed by atoms with van der Waals surface area (Å²) in [6.45, 7) is 0.0432. The van der Waals surface area contributed by atoms with Gasteiger partial charge in [-0.1, -0.05) is 65.7 Å². The maximum Gasteiger partial charge on any atom is 0.326 e. The Morgan fingerprint density at radius 3 is 2.40 bits per heavy atom. The van der Waals surface area contributed by atoms with Gasteiger partial charge in [0, 0.05) is 16.3 Å². The minimum absolute atomic E-state index is 0.0432. The summed E-state index contributed by atoms with van der Waals surface area (Å²) in [5.74, 6) is -2.00. The third-order valence-corrected chi connectivity index (χ3v) is 6.96. The van der Waals surface area contributed by atoms with Crippen LogP contribution >= 0.6 is 34.5 Å². The van der Waals surface area contributed by atoms with E-state index in [4.69, 9.17) is 23.2 Å². The molecule has 4 nitrogen and oxygen atoms in total. The zero-order valence-corrected chi connectivity index (χ0v) is 20.7. The molecule has 0 bridgehead atoms. The van der Waals surface area contributed by atoms with E-state index < -0.39 is 17.9 Å². The Balaban J connectivity index is 1.70. The van der Waals surface area contributed by atoms with Crippen molar-refractivity contribution in [1.29, 1.82) is 0 Å². The summed E-state index contributed by atoms with van der Waals surface area (Å²) in [5.41, 5.74) is 2.44. The summed E-state index contributed by atoms with van der Waals surface area (Å²) in [4.78, 5) is 28.1. The summed E-state index contributed by atoms with van der Waals surface area (Å²) in [5, 5.41) is 12.5. The predicted octanol–water partition coefficient (Wildman–Crippen LogP) is 7.20. The van der Waals surface area contributed by atoms with E-state index in [2.05, 4.69) is 0 Å². The predicted molar refractivity (Wildman–Crippen MR) is 138 cm³/mol. The van der Waals surface area contributed by atoms with Gasteiger partial charge in [-0.15, -0.1) is 11.3 Å². The topological polar surface area (TPSA) is 57.6 Å². The number of rotatable bonds is 8. The molecule has 0 aliphatic carbocycles. The van der Waals surface area contributed by atoms with E-state index in [0.717, 1.165) is 16.0 Å². The molecule has 3 aromatic carbocycles. The molecule has 0 fully saturated rings. The number of carboxylic acids is 1. The standard InChI is InChI=1S/C27H20Cl2FNO3S/c28-20-9-10-23(24(29)14-20)26(32)31(25(27(33)34)11-17-5-2-1-3-6-17)15-22-13-19(16-35-22)18-7-4-8-21(30)12-18/h1-10,12-14,16,25H,11,15H2,(H,33,34)/t25-/m0/s1. The van der Waals surface area contributed by atoms with Crippen molar-refractivity contribution in [2.24, 2.45) is 0 Å². The smallest absolute Gasteiger partial charge is 0.326 e. The zero-order valence-electron chi connectivity index (χ0n) is 18.3. The third kappa shape index (κ3) is 6.09. The van der Waals surface area contributed by atoms with Gasteiger partial charge in [-0.05, 0) is 58.5 Å². The first-order chi connectivity index (χ1) is 16.8. The number of amides is 1. The van der Waals surface area contributed by atoms with Crippen molar-refractivity contribution in [3.63, 3.8) is 0 Å². The van der Waals surface area contributed by atoms with E-state index in [0.29, 0.717) is 10.6 Å². The van der Waals surface area contributed by atoms with Gasteiger partial charge >= 0.3 is 5.97 Å². The van der Waals surface area contributed by atoms with E-state index in [1.54, 1.807) is 18.2 Å². The van der Waals surface area contributed by atoms with Crippen molar-refractivity contribution in [2.45, 2.75) is 19.0 Å². The van der Waals surface area contributed by atoms with Crippen molar-refractivity contribution in [1.82, 2.24) is 4.90 Å². The molecular weight excluding hydrogens is 508 g/mol. The van der Waals surface area contributed by atoms with Crippen molar-refractivity contribution < 1.29 is 19.1 Å². The van der Waals surface area contributed by atoms with Crippen LogP contribution < -0.4 is 0 Å². The largest absolute Gasteiger partial charge is 0.480 e. The summed E-state index contributed by atoms with van der Waals surface area (Å²) in [7, 11) is 0. The molecule has 0 unspecified atom stereocenters. The molecule has 8 heteroatoms. The molecule has 1 amide bonds. The molecule has 0 aliphatic rings. The van der Waals surface area contributed by atoms with Gasteiger partial charge in [0.1, 0.15) is 11.9 Å². The Morgan fingerprint density at radius 2 is 1.71 bits per heavy atom. The SMILES string of the molecule is O=C(O)[C@H](Cc1ccccc1)N(Cc1cc(-c2cccc(F)c2)cs1)C(=O)c1ccc(Cl)cc1Cl. The lowest BCUT2D eigenvalue weighted by molar-refractivity contribution is -0.142. The van der Waals surface area contributed by atoms with Gasteiger partial charge in [-0.25, -0.2) is 9.18 Å². The summed E-state index contributed by atoms with van der Waals surface area (Å²) in [6.07, 6.45) is 0.120. The average molecular weight is 528 g/mol. The summed E-state index contributed by atoms with van der Waals surface area (Å²) in [6, 6.07) is 20.5. The lowest BCUT2D eigenvalue weighted by Gasteiger charge is -2.29. The molecule has 178 valence electrons. The molecule has 1 N–H and O–H groups in total. The highest BCUT2D eigenvalue weighted by Gasteiger charge is 2.32. The fraction of sp³-hybridized carbons (Fsp3) is 0.111. The number of aliphatic carboxylic acids is 1. The quantitative estimate of drug-likeness (QED) is 0.263. The van der Waals surface area contributed by atoms with Crippen molar-refractivity contribution >= 4 is 46.4 Å². The summed E-state index contributed by atoms with van der Waals surface area (Å²) >= 11 is 13.7. The van der Waals surface area contributed by atoms with Crippen LogP contribution in [-0.4, -0.2) is 27.9 Å². The maximum absolute atomic E-state index is 13.7. The first-order valence-electron chi connectivity index (χ1n) is 10.7. The molecule has 4 aromatic rings. The molecule has 1 atom stereocenters. The average Bonchev–Trinajstić information content (AvgIpc) is 3.30. The maximum atomic E-state index is 13.7. The minimum Gasteiger partial charge on any atom is -0.480 e. The Bertz CT molecular complexity index is 1360. The van der Waals surface area contributed by atoms with Crippen molar-refractivity contribution in [2.75, 3.05) is 0 Å². The molecule has 4 rings (SSSR count). The highest BCUT2D eigenvalue weighted by molar-refractivity contribution is 7.10. The lowest BCUT2D eigenvalue weighted by atomic mass is 10.0. The Hall–Kier alpha value is -3.19. The van der Waals surface area contributed by atoms with Crippen LogP contribution in [0.5, 0.6) is 0 Å². The highest BCUT2D eigenvalue weighted by Crippen LogP contribution is 2.30. The molecule has 0 spiro atoms. The normalized spacial score (nSPS) is 11.7. The molecular formula is C27H20Cl2FNO3S. The van der Waals surface area contributed by atoms with Crippen LogP contribution in [0.4, 0.5) is 4.39 Å². The van der Waals surface area contributed by atoms with Gasteiger partial charge in [0.2, 0.25) is 0 Å². The highest BCUT2D eigenvalue weighted by atomic mass is 35.5. The summed E-state index contributed by atoms with van der Waals surface area (Å²) < 4.78 is 13.7. The number of halogens is 3. The molecule has 0 saturated heterocycles. The van der Waals surface area contributed by atoms with E-state index in [1.807, 2.05) is 41.8 Å². The fourth-order valence-electron chi connectivity index (χ4n) is 3.76. The van der Waals surface area contributed by atoms with Crippen LogP contribution in [0, 0.1) is 5.82 Å². The Morgan fingerprint density at radius 1 is 0.943 bits per heavy atom. The van der Waals surface area contributed by atoms with Gasteiger partial charge in [0.15, 0.2) is 0 Å². The van der Waals surface area contributed by atoms with Crippen LogP contribution in [0.2, 0.25) is 10.0 Å². The molecule has 35 heavy (non-hydrogen) atoms. The van der Waals surface area contributed by atoms with E-state index in [1.165, 1.54) is 40.5 Å². The number of carbonyl (C=O) groups is 2. The van der Waals surface area contributed by atoms with E-state index >= 15 is 0 Å². The molecule has 1 aromatic heterocycles. The van der Waals surface area contributed by atoms with Crippen LogP contribution in [0.25, 0.3) is 11.1 Å². The van der Waals surface area contributed by atoms with Gasteiger partial charge in [-0.3, -0.25) is 4.79 Å². The number of thiophene rings is 1. The first-order valence-corrected chi connectivity index (χ1v) is 12.3. The second-order valence-electron chi connectivity index (χ2n) is 7.91. The number of carboxylic acid groups (broad SMARTS) is 1. The van der Waals surface area contributed by atoms with E-state index in [9.17, 15) is 19.1 Å². The second kappa shape index (κ2) is 11.0. The zero-order chi connectivity index (χ0) is 24.9. The fourth-order valence-corrected chi connectivity index (χ4v) is 5.14. The third-order valence-electron chi connectivity index (χ3n) is 5.49. The Labute approximate surface area is 216 Å². The van der Waals surface area contributed by atoms with Crippen molar-refractivity contribution in [3.8, 4) is 11.1 Å².